The number of ether oxygens (including phenoxy) is 2. The van der Waals surface area contributed by atoms with Crippen LogP contribution in [0.25, 0.3) is 0 Å². The zero-order valence-electron chi connectivity index (χ0n) is 34.5. The molecule has 57 heavy (non-hydrogen) atoms. The smallest absolute Gasteiger partial charge is 0.303 e. The van der Waals surface area contributed by atoms with Crippen LogP contribution in [0.2, 0.25) is 0 Å². The molecule has 15 nitrogen and oxygen atoms in total. The lowest BCUT2D eigenvalue weighted by Gasteiger charge is -2.39. The monoisotopic (exact) mass is 813 g/mol. The van der Waals surface area contributed by atoms with Crippen molar-refractivity contribution in [2.45, 2.75) is 117 Å². The Morgan fingerprint density at radius 1 is 1.11 bits per heavy atom. The van der Waals surface area contributed by atoms with Gasteiger partial charge >= 0.3 is 5.97 Å². The molecule has 1 aromatic carbocycles. The van der Waals surface area contributed by atoms with Gasteiger partial charge in [-0.25, -0.2) is 10.8 Å². The van der Waals surface area contributed by atoms with Gasteiger partial charge in [0, 0.05) is 36.7 Å². The van der Waals surface area contributed by atoms with Crippen molar-refractivity contribution < 1.29 is 38.6 Å². The van der Waals surface area contributed by atoms with Crippen molar-refractivity contribution in [2.75, 3.05) is 26.9 Å². The Balaban J connectivity index is 1.92. The van der Waals surface area contributed by atoms with E-state index < -0.39 is 42.0 Å². The van der Waals surface area contributed by atoms with Crippen molar-refractivity contribution >= 4 is 40.9 Å². The third kappa shape index (κ3) is 14.2. The Hall–Kier alpha value is -4.38. The van der Waals surface area contributed by atoms with Crippen LogP contribution in [0.1, 0.15) is 107 Å². The quantitative estimate of drug-likeness (QED) is 0.0216. The number of likely N-dealkylation sites (tertiary alicyclic amines) is 1. The van der Waals surface area contributed by atoms with E-state index in [9.17, 15) is 29.1 Å². The number of thiazole rings is 1. The van der Waals surface area contributed by atoms with Crippen LogP contribution in [-0.2, 0) is 35.1 Å². The van der Waals surface area contributed by atoms with E-state index in [0.717, 1.165) is 36.3 Å². The van der Waals surface area contributed by atoms with E-state index in [1.807, 2.05) is 39.6 Å². The van der Waals surface area contributed by atoms with Gasteiger partial charge < -0.3 is 30.1 Å². The number of hydrazine groups is 1. The topological polar surface area (TPSA) is 206 Å². The molecular formula is C41H63N7O8S. The zero-order valence-corrected chi connectivity index (χ0v) is 35.3. The van der Waals surface area contributed by atoms with Crippen molar-refractivity contribution in [3.05, 3.63) is 58.6 Å². The van der Waals surface area contributed by atoms with Crippen molar-refractivity contribution in [2.24, 2.45) is 23.6 Å². The van der Waals surface area contributed by atoms with Crippen molar-refractivity contribution in [3.8, 4) is 5.75 Å². The number of likely N-dealkylation sites (N-methyl/N-ethyl adjacent to an activating group) is 1. The van der Waals surface area contributed by atoms with Gasteiger partial charge in [0.1, 0.15) is 29.2 Å². The van der Waals surface area contributed by atoms with E-state index in [1.54, 1.807) is 47.5 Å². The maximum atomic E-state index is 14.7. The molecule has 0 spiro atoms. The first-order valence-electron chi connectivity index (χ1n) is 19.8. The summed E-state index contributed by atoms with van der Waals surface area (Å²) in [5.41, 5.74) is 3.08. The Labute approximate surface area is 341 Å². The van der Waals surface area contributed by atoms with E-state index in [0.29, 0.717) is 24.3 Å². The molecule has 1 fully saturated rings. The number of hydrogen-bond acceptors (Lipinski definition) is 12. The molecule has 16 heteroatoms. The molecule has 0 saturated carbocycles. The molecule has 1 saturated heterocycles. The van der Waals surface area contributed by atoms with Crippen LogP contribution in [0.4, 0.5) is 0 Å². The number of aromatic hydroxyl groups is 1. The Morgan fingerprint density at radius 2 is 1.81 bits per heavy atom. The number of nitrogens with zero attached hydrogens (tertiary/aromatic N) is 3. The molecule has 1 aliphatic heterocycles. The summed E-state index contributed by atoms with van der Waals surface area (Å²) in [4.78, 5) is 75.1. The van der Waals surface area contributed by atoms with Gasteiger partial charge in [-0.3, -0.25) is 34.3 Å². The minimum absolute atomic E-state index is 0.0920. The maximum absolute atomic E-state index is 14.7. The molecule has 316 valence electrons. The predicted octanol–water partition coefficient (Wildman–Crippen LogP) is 4.23. The number of nitrogens with one attached hydrogen (secondary N) is 3. The first-order chi connectivity index (χ1) is 27.1. The number of phenols is 1. The van der Waals surface area contributed by atoms with Crippen molar-refractivity contribution in [1.82, 2.24) is 30.8 Å². The second-order valence-electron chi connectivity index (χ2n) is 15.4. The number of hydrogen-bond donors (Lipinski definition) is 5. The average molecular weight is 814 g/mol. The van der Waals surface area contributed by atoms with Crippen LogP contribution >= 0.6 is 11.3 Å². The van der Waals surface area contributed by atoms with Gasteiger partial charge in [-0.15, -0.1) is 17.9 Å². The average Bonchev–Trinajstić information content (AvgIpc) is 3.68. The number of carbonyl (C=O) groups is 5. The second kappa shape index (κ2) is 23.1. The van der Waals surface area contributed by atoms with Crippen LogP contribution in [0.5, 0.6) is 5.75 Å². The highest BCUT2D eigenvalue weighted by Gasteiger charge is 2.39. The molecule has 0 aliphatic carbocycles. The number of nitrogens with two attached hydrogens (primary N) is 1. The highest BCUT2D eigenvalue weighted by molar-refractivity contribution is 7.09. The lowest BCUT2D eigenvalue weighted by molar-refractivity contribution is -0.152. The molecule has 2 heterocycles. The summed E-state index contributed by atoms with van der Waals surface area (Å²) in [6.07, 6.45) is 4.74. The van der Waals surface area contributed by atoms with E-state index in [-0.39, 0.29) is 73.2 Å². The fraction of sp³-hybridized carbons (Fsp3) is 0.610. The van der Waals surface area contributed by atoms with Crippen LogP contribution in [0.3, 0.4) is 0 Å². The summed E-state index contributed by atoms with van der Waals surface area (Å²) in [5, 5.41) is 17.8. The second-order valence-corrected chi connectivity index (χ2v) is 16.3. The Bertz CT molecular complexity index is 1640. The van der Waals surface area contributed by atoms with E-state index in [1.165, 1.54) is 6.92 Å². The van der Waals surface area contributed by atoms with E-state index >= 15 is 0 Å². The summed E-state index contributed by atoms with van der Waals surface area (Å²) in [6, 6.07) is 4.38. The van der Waals surface area contributed by atoms with E-state index in [2.05, 4.69) is 27.6 Å². The van der Waals surface area contributed by atoms with Gasteiger partial charge in [0.2, 0.25) is 17.7 Å². The lowest BCUT2D eigenvalue weighted by Crippen LogP contribution is -2.59. The fourth-order valence-corrected chi connectivity index (χ4v) is 7.88. The summed E-state index contributed by atoms with van der Waals surface area (Å²) in [5.74, 6) is 2.68. The van der Waals surface area contributed by atoms with Crippen molar-refractivity contribution in [1.29, 1.82) is 0 Å². The number of carbonyl (C=O) groups excluding carboxylic acids is 5. The number of rotatable bonds is 22. The predicted molar refractivity (Wildman–Crippen MR) is 219 cm³/mol. The first kappa shape index (κ1) is 47.0. The SMILES string of the molecule is C=CCOCN(C(=O)[C@@H](NC(=O)[C@H]1CCCCN1C)C(C)CC)C(C[C@@H](OC(C)=O)c1nc(C(=O)N[C@@H](Cc2ccc(O)cc2)C[C@H](C)C(=O)NN)cs1)C(C)C. The lowest BCUT2D eigenvalue weighted by atomic mass is 9.92. The molecule has 0 bridgehead atoms. The molecule has 0 radical (unpaired) electrons. The first-order valence-corrected chi connectivity index (χ1v) is 20.7. The van der Waals surface area contributed by atoms with Gasteiger partial charge in [0.05, 0.1) is 12.6 Å². The third-order valence-electron chi connectivity index (χ3n) is 10.5. The molecule has 6 N–H and O–H groups in total. The molecule has 2 unspecified atom stereocenters. The van der Waals surface area contributed by atoms with Gasteiger partial charge in [0.15, 0.2) is 6.10 Å². The molecule has 1 aliphatic rings. The van der Waals surface area contributed by atoms with Crippen LogP contribution in [0, 0.1) is 17.8 Å². The highest BCUT2D eigenvalue weighted by Crippen LogP contribution is 2.32. The molecule has 3 rings (SSSR count). The largest absolute Gasteiger partial charge is 0.508 e. The fourth-order valence-electron chi connectivity index (χ4n) is 7.04. The number of esters is 1. The summed E-state index contributed by atoms with van der Waals surface area (Å²) in [6.45, 7) is 15.5. The van der Waals surface area contributed by atoms with E-state index in [4.69, 9.17) is 15.3 Å². The number of benzene rings is 1. The minimum Gasteiger partial charge on any atom is -0.508 e. The van der Waals surface area contributed by atoms with Gasteiger partial charge in [-0.2, -0.15) is 0 Å². The minimum atomic E-state index is -0.926. The number of phenolic OH excluding ortho intramolecular Hbond substituents is 1. The standard InChI is InChI=1S/C41H63N7O8S/c1-9-19-55-24-48(41(54)36(26(5)10-2)45-39(53)33-13-11-12-18-47(33)8)34(25(3)4)22-35(56-28(7)49)40-44-32(23-57-40)38(52)43-30(20-27(6)37(51)46-42)21-29-14-16-31(50)17-15-29/h9,14-17,23,25-27,30,33-36,50H,1,10-13,18-22,24,42H2,2-8H3,(H,43,52)(H,45,53)(H,46,51)/t26?,27-,30+,33+,34?,35+,36-/m0/s1. The van der Waals surface area contributed by atoms with Gasteiger partial charge in [0.25, 0.3) is 5.91 Å². The van der Waals surface area contributed by atoms with Gasteiger partial charge in [-0.05, 0) is 68.8 Å². The molecular weight excluding hydrogens is 751 g/mol. The maximum Gasteiger partial charge on any atom is 0.303 e. The molecule has 1 aromatic heterocycles. The van der Waals surface area contributed by atoms with Crippen molar-refractivity contribution in [3.63, 3.8) is 0 Å². The zero-order chi connectivity index (χ0) is 42.2. The number of amides is 4. The van der Waals surface area contributed by atoms with Crippen LogP contribution in [0.15, 0.2) is 42.3 Å². The summed E-state index contributed by atoms with van der Waals surface area (Å²) >= 11 is 1.15. The van der Waals surface area contributed by atoms with Crippen LogP contribution < -0.4 is 21.9 Å². The number of piperidine rings is 1. The summed E-state index contributed by atoms with van der Waals surface area (Å²) < 4.78 is 11.7. The van der Waals surface area contributed by atoms with Crippen LogP contribution in [-0.4, -0.2) is 101 Å². The normalized spacial score (nSPS) is 17.7. The molecule has 2 aromatic rings. The Kier molecular flexibility index (Phi) is 19.1. The Morgan fingerprint density at radius 3 is 2.40 bits per heavy atom. The van der Waals surface area contributed by atoms with Gasteiger partial charge in [-0.1, -0.05) is 65.7 Å². The summed E-state index contributed by atoms with van der Waals surface area (Å²) in [7, 11) is 1.93. The highest BCUT2D eigenvalue weighted by atomic mass is 32.1. The third-order valence-corrected chi connectivity index (χ3v) is 11.5. The molecule has 7 atom stereocenters. The molecule has 4 amide bonds. The number of aromatic nitrogens is 1.